The second kappa shape index (κ2) is 29.2. The van der Waals surface area contributed by atoms with Gasteiger partial charge in [0.1, 0.15) is 0 Å². The minimum absolute atomic E-state index is 0.639. The van der Waals surface area contributed by atoms with Gasteiger partial charge in [-0.3, -0.25) is 8.92 Å². The third kappa shape index (κ3) is 2620. The van der Waals surface area contributed by atoms with Crippen molar-refractivity contribution in [2.45, 2.75) is 0 Å². The molecule has 0 saturated carbocycles. The summed E-state index contributed by atoms with van der Waals surface area (Å²) in [6.07, 6.45) is 0. The summed E-state index contributed by atoms with van der Waals surface area (Å²) in [6, 6.07) is 0. The molecule has 0 bridgehead atoms. The van der Waals surface area contributed by atoms with Crippen LogP contribution in [0.1, 0.15) is 0 Å². The second-order valence-corrected chi connectivity index (χ2v) is 7.15. The van der Waals surface area contributed by atoms with E-state index in [4.69, 9.17) is 72.4 Å². The maximum atomic E-state index is 8.74. The Kier molecular flexibility index (Phi) is 50.4. The van der Waals surface area contributed by atoms with Crippen LogP contribution in [0.3, 0.4) is 0 Å². The smallest absolute Gasteiger partial charge is 0.511 e. The lowest BCUT2D eigenvalue weighted by Crippen LogP contribution is -1.90. The van der Waals surface area contributed by atoms with E-state index in [2.05, 4.69) is 0 Å². The molecule has 0 aliphatic carbocycles. The molecule has 0 fully saturated rings. The van der Waals surface area contributed by atoms with Crippen LogP contribution in [-0.2, 0) is 8.92 Å². The summed E-state index contributed by atoms with van der Waals surface area (Å²) < 4.78 is 17.5. The van der Waals surface area contributed by atoms with Gasteiger partial charge in [-0.15, -0.1) is 0 Å². The van der Waals surface area contributed by atoms with Gasteiger partial charge in [-0.1, -0.05) is 0 Å². The lowest BCUT2D eigenvalue weighted by Gasteiger charge is -1.55. The zero-order valence-electron chi connectivity index (χ0n) is 6.53. The first-order chi connectivity index (χ1) is 6.29. The number of hydrogen-bond donors (Lipinski definition) is 4. The molecule has 88 valence electrons. The zero-order chi connectivity index (χ0) is 12.6. The zero-order valence-corrected chi connectivity index (χ0v) is 14.4. The highest BCUT2D eigenvalue weighted by molar-refractivity contribution is 7.22. The molecule has 0 radical (unpaired) electrons. The minimum Gasteiger partial charge on any atom is -0.511 e. The maximum Gasteiger partial charge on any atom is 0.761 e. The fourth-order valence-corrected chi connectivity index (χ4v) is 0. The first-order valence-corrected chi connectivity index (χ1v) is 13.5. The highest BCUT2D eigenvalue weighted by Gasteiger charge is 1.85. The molecule has 0 amide bonds. The van der Waals surface area contributed by atoms with E-state index in [0.29, 0.717) is 0 Å². The van der Waals surface area contributed by atoms with Crippen molar-refractivity contribution in [3.05, 3.63) is 0 Å². The van der Waals surface area contributed by atoms with Gasteiger partial charge in [-0.05, 0) is 0 Å². The normalized spacial score (nSPS) is 6.00. The van der Waals surface area contributed by atoms with E-state index in [0.717, 1.165) is 0 Å². The van der Waals surface area contributed by atoms with E-state index in [9.17, 15) is 0 Å². The van der Waals surface area contributed by atoms with Gasteiger partial charge in [0.15, 0.2) is 0 Å². The van der Waals surface area contributed by atoms with Gasteiger partial charge < -0.3 is 19.2 Å². The largest absolute Gasteiger partial charge is 0.761 e. The van der Waals surface area contributed by atoms with Gasteiger partial charge in [0.2, 0.25) is 16.3 Å². The van der Waals surface area contributed by atoms with E-state index in [1.807, 2.05) is 0 Å². The Hall–Kier alpha value is 0.828. The third-order valence-corrected chi connectivity index (χ3v) is 0. The van der Waals surface area contributed by atoms with Crippen molar-refractivity contribution in [1.82, 2.24) is 0 Å². The van der Waals surface area contributed by atoms with Crippen molar-refractivity contribution < 1.29 is 28.1 Å². The molecule has 4 N–H and O–H groups in total. The van der Waals surface area contributed by atoms with Crippen molar-refractivity contribution in [1.29, 1.82) is 0 Å². The van der Waals surface area contributed by atoms with Crippen LogP contribution in [0.25, 0.3) is 0 Å². The Morgan fingerprint density at radius 2 is 0.714 bits per heavy atom. The summed E-state index contributed by atoms with van der Waals surface area (Å²) >= 11 is 19.6. The molecule has 0 aliphatic rings. The van der Waals surface area contributed by atoms with Gasteiger partial charge >= 0.3 is 18.3 Å². The Balaban J connectivity index is -0.0000000482. The Labute approximate surface area is 107 Å². The number of rotatable bonds is 0. The molecule has 0 unspecified atom stereocenters. The predicted octanol–water partition coefficient (Wildman–Crippen LogP) is -2.30. The van der Waals surface area contributed by atoms with Crippen LogP contribution in [0.4, 0.5) is 0 Å². The summed E-state index contributed by atoms with van der Waals surface area (Å²) in [7, 11) is -7.54. The molecule has 0 aliphatic heterocycles. The third-order valence-electron chi connectivity index (χ3n) is 0. The molecule has 0 aromatic rings. The van der Waals surface area contributed by atoms with Crippen molar-refractivity contribution in [3.8, 4) is 0 Å². The Morgan fingerprint density at radius 1 is 0.714 bits per heavy atom. The van der Waals surface area contributed by atoms with Crippen LogP contribution >= 0.6 is 44.3 Å². The first kappa shape index (κ1) is 24.2. The fourth-order valence-electron chi connectivity index (χ4n) is 0. The lowest BCUT2D eigenvalue weighted by atomic mass is 15.8. The Morgan fingerprint density at radius 3 is 0.714 bits per heavy atom. The molecular formula is H8Cl4O6Si4. The van der Waals surface area contributed by atoms with E-state index >= 15 is 0 Å². The molecule has 14 heteroatoms. The summed E-state index contributed by atoms with van der Waals surface area (Å²) in [4.78, 5) is 28.6. The quantitative estimate of drug-likeness (QED) is 0.286. The van der Waals surface area contributed by atoms with E-state index < -0.39 is 34.6 Å². The van der Waals surface area contributed by atoms with Gasteiger partial charge in [0.25, 0.3) is 0 Å². The molecule has 0 rings (SSSR count). The highest BCUT2D eigenvalue weighted by Crippen LogP contribution is 1.67. The van der Waals surface area contributed by atoms with Crippen LogP contribution in [-0.4, -0.2) is 53.8 Å². The van der Waals surface area contributed by atoms with Gasteiger partial charge in [0.05, 0.1) is 0 Å². The molecular weight excluding hydrogens is 350 g/mol. The fraction of sp³-hybridized carbons (Fsp3) is 0. The molecule has 6 nitrogen and oxygen atoms in total. The van der Waals surface area contributed by atoms with Crippen LogP contribution < -0.4 is 0 Å². The van der Waals surface area contributed by atoms with E-state index in [1.165, 1.54) is 0 Å². The van der Waals surface area contributed by atoms with E-state index in [-0.39, 0.29) is 0 Å². The summed E-state index contributed by atoms with van der Waals surface area (Å²) in [5, 5.41) is 0. The van der Waals surface area contributed by atoms with Gasteiger partial charge in [-0.2, -0.15) is 44.3 Å². The molecule has 0 aromatic heterocycles. The van der Waals surface area contributed by atoms with Gasteiger partial charge in [0, 0.05) is 0 Å². The maximum absolute atomic E-state index is 8.74. The topological polar surface area (TPSA) is 115 Å². The number of halogens is 4. The second-order valence-electron chi connectivity index (χ2n) is 0.767. The van der Waals surface area contributed by atoms with E-state index in [1.54, 1.807) is 0 Å². The molecule has 0 heterocycles. The van der Waals surface area contributed by atoms with Crippen LogP contribution in [0.5, 0.6) is 0 Å². The van der Waals surface area contributed by atoms with Crippen molar-refractivity contribution in [2.75, 3.05) is 0 Å². The molecule has 0 spiro atoms. The van der Waals surface area contributed by atoms with Crippen LogP contribution in [0.2, 0.25) is 0 Å². The molecule has 14 heavy (non-hydrogen) atoms. The SMILES string of the molecule is Cl[SiH2]Cl.Cl[SiH2]Cl.O=[Si](O)O.O=[Si](O)O. The minimum atomic E-state index is -3.13. The predicted molar refractivity (Wildman–Crippen MR) is 62.3 cm³/mol. The average molecular weight is 358 g/mol. The number of hydrogen-bond acceptors (Lipinski definition) is 2. The lowest BCUT2D eigenvalue weighted by molar-refractivity contribution is 0.328. The average Bonchev–Trinajstić information content (AvgIpc) is 1.85. The summed E-state index contributed by atoms with van der Waals surface area (Å²) in [5.74, 6) is 0. The van der Waals surface area contributed by atoms with Crippen molar-refractivity contribution in [2.24, 2.45) is 0 Å². The summed E-state index contributed by atoms with van der Waals surface area (Å²) in [6.45, 7) is 0. The Bertz CT molecular complexity index is 98.4. The highest BCUT2D eigenvalue weighted by atomic mass is 35.7. The van der Waals surface area contributed by atoms with Crippen molar-refractivity contribution in [3.63, 3.8) is 0 Å². The standard InChI is InChI=1S/2Cl2H2Si.2H2O3Si/c2*1-3-2;2*1-4(2)3/h2*3H2;2*1-2H. The van der Waals surface area contributed by atoms with Crippen LogP contribution in [0, 0.1) is 0 Å². The molecule has 0 aromatic carbocycles. The monoisotopic (exact) mass is 356 g/mol. The summed E-state index contributed by atoms with van der Waals surface area (Å²) in [5.41, 5.74) is 0. The first-order valence-electron chi connectivity index (χ1n) is 2.37. The van der Waals surface area contributed by atoms with Crippen molar-refractivity contribution >= 4 is 78.9 Å². The molecule has 0 atom stereocenters. The van der Waals surface area contributed by atoms with Crippen LogP contribution in [0.15, 0.2) is 0 Å². The molecule has 0 saturated heterocycles. The van der Waals surface area contributed by atoms with Gasteiger partial charge in [-0.25, -0.2) is 0 Å².